The molecule has 6 heteroatoms. The van der Waals surface area contributed by atoms with Crippen LogP contribution >= 0.6 is 0 Å². The first-order valence-electron chi connectivity index (χ1n) is 5.58. The topological polar surface area (TPSA) is 75.6 Å². The van der Waals surface area contributed by atoms with E-state index in [0.29, 0.717) is 19.6 Å². The highest BCUT2D eigenvalue weighted by atomic mass is 32.2. The summed E-state index contributed by atoms with van der Waals surface area (Å²) in [4.78, 5) is 0. The van der Waals surface area contributed by atoms with E-state index in [-0.39, 0.29) is 18.1 Å². The zero-order valence-corrected chi connectivity index (χ0v) is 10.7. The summed E-state index contributed by atoms with van der Waals surface area (Å²) in [6.45, 7) is 4.97. The third-order valence-electron chi connectivity index (χ3n) is 2.78. The van der Waals surface area contributed by atoms with E-state index in [0.717, 1.165) is 0 Å². The Kier molecular flexibility index (Phi) is 4.73. The number of aliphatic hydroxyl groups is 1. The molecule has 1 aliphatic rings. The van der Waals surface area contributed by atoms with Crippen molar-refractivity contribution in [3.8, 4) is 0 Å². The van der Waals surface area contributed by atoms with Gasteiger partial charge in [0.05, 0.1) is 24.2 Å². The molecule has 0 spiro atoms. The van der Waals surface area contributed by atoms with Crippen molar-refractivity contribution in [2.24, 2.45) is 0 Å². The van der Waals surface area contributed by atoms with Gasteiger partial charge < -0.3 is 15.2 Å². The number of ether oxygens (including phenoxy) is 1. The first kappa shape index (κ1) is 13.9. The molecule has 0 aliphatic carbocycles. The lowest BCUT2D eigenvalue weighted by Crippen LogP contribution is -2.47. The average molecular weight is 251 g/mol. The number of sulfone groups is 1. The second-order valence-electron chi connectivity index (χ2n) is 4.60. The molecule has 2 N–H and O–H groups in total. The predicted molar refractivity (Wildman–Crippen MR) is 62.2 cm³/mol. The van der Waals surface area contributed by atoms with Crippen LogP contribution in [0.2, 0.25) is 0 Å². The van der Waals surface area contributed by atoms with Crippen molar-refractivity contribution >= 4 is 9.84 Å². The van der Waals surface area contributed by atoms with Gasteiger partial charge in [0.25, 0.3) is 0 Å². The molecule has 1 heterocycles. The highest BCUT2D eigenvalue weighted by Crippen LogP contribution is 2.22. The van der Waals surface area contributed by atoms with Crippen LogP contribution in [0, 0.1) is 0 Å². The fourth-order valence-corrected chi connectivity index (χ4v) is 3.95. The molecular weight excluding hydrogens is 230 g/mol. The van der Waals surface area contributed by atoms with E-state index in [2.05, 4.69) is 5.32 Å². The molecule has 16 heavy (non-hydrogen) atoms. The first-order valence-corrected chi connectivity index (χ1v) is 7.40. The largest absolute Gasteiger partial charge is 0.389 e. The first-order chi connectivity index (χ1) is 7.37. The molecule has 1 fully saturated rings. The van der Waals surface area contributed by atoms with Crippen LogP contribution in [0.4, 0.5) is 0 Å². The van der Waals surface area contributed by atoms with Crippen LogP contribution in [0.25, 0.3) is 0 Å². The molecule has 0 bridgehead atoms. The second-order valence-corrected chi connectivity index (χ2v) is 6.78. The van der Waals surface area contributed by atoms with E-state index in [1.807, 2.05) is 13.8 Å². The minimum atomic E-state index is -2.89. The molecule has 0 aromatic carbocycles. The smallest absolute Gasteiger partial charge is 0.152 e. The molecule has 1 saturated heterocycles. The molecule has 96 valence electrons. The summed E-state index contributed by atoms with van der Waals surface area (Å²) in [7, 11) is -2.89. The van der Waals surface area contributed by atoms with Gasteiger partial charge in [-0.2, -0.15) is 0 Å². The summed E-state index contributed by atoms with van der Waals surface area (Å²) < 4.78 is 27.7. The Morgan fingerprint density at radius 2 is 2.25 bits per heavy atom. The van der Waals surface area contributed by atoms with Gasteiger partial charge in [-0.05, 0) is 20.3 Å². The van der Waals surface area contributed by atoms with Gasteiger partial charge in [-0.3, -0.25) is 0 Å². The van der Waals surface area contributed by atoms with Crippen LogP contribution in [-0.4, -0.2) is 56.4 Å². The van der Waals surface area contributed by atoms with Crippen LogP contribution in [0.1, 0.15) is 20.3 Å². The lowest BCUT2D eigenvalue weighted by molar-refractivity contribution is 0.0394. The molecule has 1 rings (SSSR count). The van der Waals surface area contributed by atoms with Crippen molar-refractivity contribution < 1.29 is 18.3 Å². The Morgan fingerprint density at radius 3 is 2.75 bits per heavy atom. The summed E-state index contributed by atoms with van der Waals surface area (Å²) in [6, 6.07) is 0. The lowest BCUT2D eigenvalue weighted by Gasteiger charge is -2.25. The second kappa shape index (κ2) is 5.44. The number of hydrogen-bond donors (Lipinski definition) is 2. The fourth-order valence-electron chi connectivity index (χ4n) is 1.83. The molecule has 5 nitrogen and oxygen atoms in total. The SMILES string of the molecule is CCOCC(O)CNC1(C)CCS(=O)(=O)C1. The third kappa shape index (κ3) is 4.37. The van der Waals surface area contributed by atoms with Gasteiger partial charge in [0.15, 0.2) is 9.84 Å². The summed E-state index contributed by atoms with van der Waals surface area (Å²) in [5.41, 5.74) is -0.397. The van der Waals surface area contributed by atoms with Crippen LogP contribution in [-0.2, 0) is 14.6 Å². The number of aliphatic hydroxyl groups excluding tert-OH is 1. The fraction of sp³-hybridized carbons (Fsp3) is 1.00. The van der Waals surface area contributed by atoms with Gasteiger partial charge >= 0.3 is 0 Å². The van der Waals surface area contributed by atoms with E-state index in [9.17, 15) is 13.5 Å². The van der Waals surface area contributed by atoms with E-state index in [1.54, 1.807) is 0 Å². The monoisotopic (exact) mass is 251 g/mol. The maximum absolute atomic E-state index is 11.3. The van der Waals surface area contributed by atoms with Gasteiger partial charge in [0, 0.05) is 18.7 Å². The molecule has 0 saturated carbocycles. The van der Waals surface area contributed by atoms with Gasteiger partial charge in [-0.15, -0.1) is 0 Å². The highest BCUT2D eigenvalue weighted by Gasteiger charge is 2.38. The standard InChI is InChI=1S/C10H21NO4S/c1-3-15-7-9(12)6-11-10(2)4-5-16(13,14)8-10/h9,11-12H,3-8H2,1-2H3. The van der Waals surface area contributed by atoms with Gasteiger partial charge in [0.1, 0.15) is 0 Å². The van der Waals surface area contributed by atoms with Crippen molar-refractivity contribution in [3.63, 3.8) is 0 Å². The number of β-amino-alcohol motifs (C(OH)–C–C–N with tert-alkyl or cyclic N) is 1. The molecular formula is C10H21NO4S. The third-order valence-corrected chi connectivity index (χ3v) is 4.69. The average Bonchev–Trinajstić information content (AvgIpc) is 2.48. The Balaban J connectivity index is 2.32. The molecule has 2 unspecified atom stereocenters. The molecule has 0 aromatic heterocycles. The highest BCUT2D eigenvalue weighted by molar-refractivity contribution is 7.91. The Hall–Kier alpha value is -0.170. The summed E-state index contributed by atoms with van der Waals surface area (Å²) in [6.07, 6.45) is 0.0246. The Morgan fingerprint density at radius 1 is 1.56 bits per heavy atom. The summed E-state index contributed by atoms with van der Waals surface area (Å²) in [5, 5.41) is 12.7. The normalized spacial score (nSPS) is 30.4. The van der Waals surface area contributed by atoms with Crippen molar-refractivity contribution in [1.82, 2.24) is 5.32 Å². The van der Waals surface area contributed by atoms with Crippen molar-refractivity contribution in [3.05, 3.63) is 0 Å². The number of hydrogen-bond acceptors (Lipinski definition) is 5. The minimum Gasteiger partial charge on any atom is -0.389 e. The van der Waals surface area contributed by atoms with Crippen LogP contribution < -0.4 is 5.32 Å². The zero-order valence-electron chi connectivity index (χ0n) is 9.90. The molecule has 0 radical (unpaired) electrons. The molecule has 0 aromatic rings. The van der Waals surface area contributed by atoms with Crippen LogP contribution in [0.15, 0.2) is 0 Å². The quantitative estimate of drug-likeness (QED) is 0.669. The minimum absolute atomic E-state index is 0.154. The van der Waals surface area contributed by atoms with Crippen LogP contribution in [0.3, 0.4) is 0 Å². The van der Waals surface area contributed by atoms with E-state index >= 15 is 0 Å². The Bertz CT molecular complexity index is 317. The number of rotatable bonds is 6. The van der Waals surface area contributed by atoms with Gasteiger partial charge in [-0.25, -0.2) is 8.42 Å². The molecule has 1 aliphatic heterocycles. The number of nitrogens with one attached hydrogen (secondary N) is 1. The van der Waals surface area contributed by atoms with Crippen molar-refractivity contribution in [1.29, 1.82) is 0 Å². The van der Waals surface area contributed by atoms with Gasteiger partial charge in [-0.1, -0.05) is 0 Å². The van der Waals surface area contributed by atoms with E-state index in [4.69, 9.17) is 4.74 Å². The predicted octanol–water partition coefficient (Wildman–Crippen LogP) is -0.449. The summed E-state index contributed by atoms with van der Waals surface area (Å²) >= 11 is 0. The maximum Gasteiger partial charge on any atom is 0.152 e. The van der Waals surface area contributed by atoms with E-state index in [1.165, 1.54) is 0 Å². The lowest BCUT2D eigenvalue weighted by atomic mass is 10.0. The zero-order chi connectivity index (χ0) is 12.2. The maximum atomic E-state index is 11.3. The van der Waals surface area contributed by atoms with Crippen molar-refractivity contribution in [2.45, 2.75) is 31.9 Å². The Labute approximate surface area is 97.1 Å². The molecule has 2 atom stereocenters. The summed E-state index contributed by atoms with van der Waals surface area (Å²) in [5.74, 6) is 0.388. The molecule has 0 amide bonds. The van der Waals surface area contributed by atoms with E-state index < -0.39 is 21.5 Å². The van der Waals surface area contributed by atoms with Crippen molar-refractivity contribution in [2.75, 3.05) is 31.3 Å². The van der Waals surface area contributed by atoms with Crippen LogP contribution in [0.5, 0.6) is 0 Å². The van der Waals surface area contributed by atoms with Gasteiger partial charge in [0.2, 0.25) is 0 Å².